The van der Waals surface area contributed by atoms with Crippen molar-refractivity contribution in [2.45, 2.75) is 44.6 Å². The summed E-state index contributed by atoms with van der Waals surface area (Å²) in [6, 6.07) is -0.657. The van der Waals surface area contributed by atoms with Crippen LogP contribution in [0.3, 0.4) is 0 Å². The summed E-state index contributed by atoms with van der Waals surface area (Å²) in [5.74, 6) is 0.0567. The van der Waals surface area contributed by atoms with Gasteiger partial charge in [0.05, 0.1) is 5.88 Å². The predicted molar refractivity (Wildman–Crippen MR) is 74.8 cm³/mol. The van der Waals surface area contributed by atoms with Crippen molar-refractivity contribution in [3.05, 3.63) is 0 Å². The molecule has 2 rings (SSSR count). The molecule has 1 atom stereocenters. The molecular formula is C13H22N2O3S. The number of thioether (sulfide) groups is 1. The fourth-order valence-electron chi connectivity index (χ4n) is 3.07. The Morgan fingerprint density at radius 1 is 1.32 bits per heavy atom. The third-order valence-electron chi connectivity index (χ3n) is 4.36. The molecule has 1 aliphatic heterocycles. The van der Waals surface area contributed by atoms with Crippen LogP contribution in [0.5, 0.6) is 0 Å². The Kier molecular flexibility index (Phi) is 4.73. The van der Waals surface area contributed by atoms with Crippen molar-refractivity contribution < 1.29 is 14.7 Å². The van der Waals surface area contributed by atoms with Crippen LogP contribution in [0, 0.1) is 5.41 Å². The van der Waals surface area contributed by atoms with Crippen LogP contribution in [0.2, 0.25) is 0 Å². The first-order valence-electron chi connectivity index (χ1n) is 6.88. The first-order chi connectivity index (χ1) is 9.08. The van der Waals surface area contributed by atoms with E-state index in [9.17, 15) is 9.59 Å². The van der Waals surface area contributed by atoms with E-state index in [0.29, 0.717) is 24.6 Å². The minimum atomic E-state index is -0.899. The minimum Gasteiger partial charge on any atom is -0.480 e. The summed E-state index contributed by atoms with van der Waals surface area (Å²) in [6.45, 7) is 0.525. The lowest BCUT2D eigenvalue weighted by Crippen LogP contribution is -2.45. The number of rotatable bonds is 4. The molecule has 3 N–H and O–H groups in total. The number of nitrogens with zero attached hydrogens (tertiary/aromatic N) is 1. The van der Waals surface area contributed by atoms with Crippen LogP contribution >= 0.6 is 11.8 Å². The summed E-state index contributed by atoms with van der Waals surface area (Å²) >= 11 is 1.51. The summed E-state index contributed by atoms with van der Waals surface area (Å²) < 4.78 is 0. The number of carboxylic acids is 1. The number of carbonyl (C=O) groups is 2. The van der Waals surface area contributed by atoms with Crippen molar-refractivity contribution in [1.82, 2.24) is 4.90 Å². The van der Waals surface area contributed by atoms with Crippen LogP contribution < -0.4 is 5.73 Å². The fourth-order valence-corrected chi connectivity index (χ4v) is 4.24. The lowest BCUT2D eigenvalue weighted by Gasteiger charge is -2.37. The van der Waals surface area contributed by atoms with Gasteiger partial charge in [-0.15, -0.1) is 11.8 Å². The fraction of sp³-hybridized carbons (Fsp3) is 0.846. The highest BCUT2D eigenvalue weighted by Gasteiger charge is 2.39. The summed E-state index contributed by atoms with van der Waals surface area (Å²) in [7, 11) is 0. The molecule has 1 aliphatic carbocycles. The van der Waals surface area contributed by atoms with Gasteiger partial charge in [0.2, 0.25) is 5.91 Å². The van der Waals surface area contributed by atoms with Gasteiger partial charge in [-0.25, -0.2) is 4.79 Å². The summed E-state index contributed by atoms with van der Waals surface area (Å²) in [5, 5.41) is 9.13. The first-order valence-corrected chi connectivity index (χ1v) is 8.03. The van der Waals surface area contributed by atoms with Gasteiger partial charge in [-0.05, 0) is 24.8 Å². The Morgan fingerprint density at radius 3 is 2.58 bits per heavy atom. The molecule has 108 valence electrons. The zero-order chi connectivity index (χ0) is 13.9. The molecular weight excluding hydrogens is 264 g/mol. The smallest absolute Gasteiger partial charge is 0.327 e. The Bertz CT molecular complexity index is 356. The average Bonchev–Trinajstić information content (AvgIpc) is 2.89. The van der Waals surface area contributed by atoms with E-state index in [1.54, 1.807) is 0 Å². The van der Waals surface area contributed by atoms with Crippen LogP contribution in [0.25, 0.3) is 0 Å². The lowest BCUT2D eigenvalue weighted by atomic mass is 9.71. The number of nitrogens with two attached hydrogens (primary N) is 1. The lowest BCUT2D eigenvalue weighted by molar-refractivity contribution is -0.148. The van der Waals surface area contributed by atoms with Crippen LogP contribution in [0.1, 0.15) is 38.5 Å². The van der Waals surface area contributed by atoms with Crippen LogP contribution in [0.4, 0.5) is 0 Å². The molecule has 0 aromatic rings. The Labute approximate surface area is 117 Å². The molecule has 0 radical (unpaired) electrons. The van der Waals surface area contributed by atoms with E-state index in [1.165, 1.54) is 23.1 Å². The maximum atomic E-state index is 12.4. The molecule has 1 heterocycles. The molecule has 0 aromatic heterocycles. The summed E-state index contributed by atoms with van der Waals surface area (Å²) in [6.07, 6.45) is 5.87. The molecule has 5 nitrogen and oxygen atoms in total. The monoisotopic (exact) mass is 286 g/mol. The molecule has 6 heteroatoms. The van der Waals surface area contributed by atoms with E-state index in [-0.39, 0.29) is 11.3 Å². The third kappa shape index (κ3) is 3.23. The number of carboxylic acid groups (broad SMARTS) is 1. The van der Waals surface area contributed by atoms with E-state index in [4.69, 9.17) is 10.8 Å². The summed E-state index contributed by atoms with van der Waals surface area (Å²) in [5.41, 5.74) is 5.80. The molecule has 1 unspecified atom stereocenters. The highest BCUT2D eigenvalue weighted by Crippen LogP contribution is 2.39. The zero-order valence-electron chi connectivity index (χ0n) is 11.1. The van der Waals surface area contributed by atoms with Crippen LogP contribution in [0.15, 0.2) is 0 Å². The minimum absolute atomic E-state index is 0.0373. The number of hydrogen-bond donors (Lipinski definition) is 2. The largest absolute Gasteiger partial charge is 0.480 e. The first kappa shape index (κ1) is 14.7. The standard InChI is InChI=1S/C13H22N2O3S/c14-8-13(4-2-1-3-5-13)6-11(16)15-9-19-7-10(15)12(17)18/h10H,1-9,14H2,(H,17,18). The molecule has 1 saturated carbocycles. The number of aliphatic carboxylic acids is 1. The molecule has 0 bridgehead atoms. The molecule has 19 heavy (non-hydrogen) atoms. The molecule has 1 saturated heterocycles. The van der Waals surface area contributed by atoms with Crippen molar-refractivity contribution >= 4 is 23.6 Å². The maximum absolute atomic E-state index is 12.4. The maximum Gasteiger partial charge on any atom is 0.327 e. The van der Waals surface area contributed by atoms with Crippen molar-refractivity contribution in [3.8, 4) is 0 Å². The number of hydrogen-bond acceptors (Lipinski definition) is 4. The van der Waals surface area contributed by atoms with E-state index in [0.717, 1.165) is 25.7 Å². The van der Waals surface area contributed by atoms with Gasteiger partial charge < -0.3 is 15.7 Å². The van der Waals surface area contributed by atoms with Crippen LogP contribution in [-0.2, 0) is 9.59 Å². The van der Waals surface area contributed by atoms with Crippen LogP contribution in [-0.4, -0.2) is 46.1 Å². The second-order valence-electron chi connectivity index (χ2n) is 5.66. The van der Waals surface area contributed by atoms with E-state index in [2.05, 4.69) is 0 Å². The van der Waals surface area contributed by atoms with E-state index in [1.807, 2.05) is 0 Å². The third-order valence-corrected chi connectivity index (χ3v) is 5.37. The quantitative estimate of drug-likeness (QED) is 0.813. The molecule has 0 aromatic carbocycles. The predicted octanol–water partition coefficient (Wildman–Crippen LogP) is 1.27. The number of amides is 1. The van der Waals surface area contributed by atoms with Gasteiger partial charge in [-0.3, -0.25) is 4.79 Å². The second kappa shape index (κ2) is 6.13. The van der Waals surface area contributed by atoms with Crippen molar-refractivity contribution in [2.24, 2.45) is 11.1 Å². The van der Waals surface area contributed by atoms with E-state index >= 15 is 0 Å². The molecule has 0 spiro atoms. The topological polar surface area (TPSA) is 83.6 Å². The molecule has 1 amide bonds. The highest BCUT2D eigenvalue weighted by molar-refractivity contribution is 7.99. The van der Waals surface area contributed by atoms with Crippen molar-refractivity contribution in [2.75, 3.05) is 18.2 Å². The second-order valence-corrected chi connectivity index (χ2v) is 6.66. The van der Waals surface area contributed by atoms with Gasteiger partial charge in [-0.1, -0.05) is 19.3 Å². The van der Waals surface area contributed by atoms with Gasteiger partial charge >= 0.3 is 5.97 Å². The molecule has 2 aliphatic rings. The zero-order valence-corrected chi connectivity index (χ0v) is 12.0. The Hall–Kier alpha value is -0.750. The highest BCUT2D eigenvalue weighted by atomic mass is 32.2. The SMILES string of the molecule is NCC1(CC(=O)N2CSCC2C(=O)O)CCCCC1. The normalized spacial score (nSPS) is 26.4. The summed E-state index contributed by atoms with van der Waals surface area (Å²) in [4.78, 5) is 25.0. The van der Waals surface area contributed by atoms with Gasteiger partial charge in [0.25, 0.3) is 0 Å². The molecule has 2 fully saturated rings. The van der Waals surface area contributed by atoms with Gasteiger partial charge in [0.1, 0.15) is 6.04 Å². The van der Waals surface area contributed by atoms with E-state index < -0.39 is 12.0 Å². The Balaban J connectivity index is 2.01. The Morgan fingerprint density at radius 2 is 2.00 bits per heavy atom. The van der Waals surface area contributed by atoms with Gasteiger partial charge in [0, 0.05) is 12.2 Å². The van der Waals surface area contributed by atoms with Gasteiger partial charge in [-0.2, -0.15) is 0 Å². The van der Waals surface area contributed by atoms with Crippen molar-refractivity contribution in [1.29, 1.82) is 0 Å². The van der Waals surface area contributed by atoms with Crippen molar-refractivity contribution in [3.63, 3.8) is 0 Å². The van der Waals surface area contributed by atoms with Gasteiger partial charge in [0.15, 0.2) is 0 Å². The average molecular weight is 286 g/mol. The number of carbonyl (C=O) groups excluding carboxylic acids is 1.